The molecule has 1 aromatic heterocycles. The quantitative estimate of drug-likeness (QED) is 0.375. The molecule has 252 valence electrons. The van der Waals surface area contributed by atoms with Crippen LogP contribution in [0.5, 0.6) is 23.0 Å². The van der Waals surface area contributed by atoms with Crippen LogP contribution >= 0.6 is 0 Å². The zero-order valence-electron chi connectivity index (χ0n) is 27.4. The van der Waals surface area contributed by atoms with E-state index in [0.29, 0.717) is 64.5 Å². The molecule has 3 aliphatic rings. The molecule has 1 spiro atoms. The SMILES string of the molecule is COc1cc2cc(c1OC)-c1cncc(c1)C(=O)NC1(CC1)C(=O)N[C@H](CC(C)C)C(=O)NCCN(C(=O)c1ccc3c(c1)OCO3)C2. The monoisotopic (exact) mass is 657 g/mol. The van der Waals surface area contributed by atoms with Crippen LogP contribution in [0.25, 0.3) is 11.1 Å². The normalized spacial score (nSPS) is 18.7. The summed E-state index contributed by atoms with van der Waals surface area (Å²) in [5.74, 6) is 0.414. The Kier molecular flexibility index (Phi) is 9.11. The summed E-state index contributed by atoms with van der Waals surface area (Å²) in [6, 6.07) is 9.48. The van der Waals surface area contributed by atoms with E-state index in [2.05, 4.69) is 20.9 Å². The maximum absolute atomic E-state index is 14.0. The topological polar surface area (TPSA) is 157 Å². The Hall–Kier alpha value is -5.33. The summed E-state index contributed by atoms with van der Waals surface area (Å²) >= 11 is 0. The van der Waals surface area contributed by atoms with Crippen molar-refractivity contribution in [3.8, 4) is 34.1 Å². The van der Waals surface area contributed by atoms with Gasteiger partial charge in [-0.15, -0.1) is 0 Å². The lowest BCUT2D eigenvalue weighted by Crippen LogP contribution is -2.56. The van der Waals surface area contributed by atoms with Gasteiger partial charge in [-0.2, -0.15) is 0 Å². The first kappa shape index (κ1) is 32.6. The lowest BCUT2D eigenvalue weighted by molar-refractivity contribution is -0.130. The minimum Gasteiger partial charge on any atom is -0.493 e. The molecule has 3 N–H and O–H groups in total. The lowest BCUT2D eigenvalue weighted by atomic mass is 10.00. The van der Waals surface area contributed by atoms with Gasteiger partial charge >= 0.3 is 0 Å². The fourth-order valence-corrected chi connectivity index (χ4v) is 5.98. The Labute approximate surface area is 278 Å². The summed E-state index contributed by atoms with van der Waals surface area (Å²) in [5, 5.41) is 8.68. The van der Waals surface area contributed by atoms with Crippen molar-refractivity contribution in [2.75, 3.05) is 34.1 Å². The third-order valence-electron chi connectivity index (χ3n) is 8.68. The van der Waals surface area contributed by atoms with Crippen LogP contribution in [0.15, 0.2) is 48.8 Å². The van der Waals surface area contributed by atoms with E-state index in [1.54, 1.807) is 41.4 Å². The molecule has 2 aromatic carbocycles. The van der Waals surface area contributed by atoms with Crippen LogP contribution in [0.3, 0.4) is 0 Å². The lowest BCUT2D eigenvalue weighted by Gasteiger charge is -2.27. The highest BCUT2D eigenvalue weighted by atomic mass is 16.7. The Morgan fingerprint density at radius 2 is 1.79 bits per heavy atom. The highest BCUT2D eigenvalue weighted by Gasteiger charge is 2.52. The maximum atomic E-state index is 14.0. The minimum absolute atomic E-state index is 0.0735. The first-order valence-corrected chi connectivity index (χ1v) is 15.9. The van der Waals surface area contributed by atoms with Gasteiger partial charge in [-0.1, -0.05) is 13.8 Å². The molecule has 13 nitrogen and oxygen atoms in total. The van der Waals surface area contributed by atoms with E-state index in [4.69, 9.17) is 18.9 Å². The van der Waals surface area contributed by atoms with Crippen LogP contribution in [0.1, 0.15) is 59.4 Å². The number of methoxy groups -OCH3 is 2. The molecule has 13 heteroatoms. The molecule has 3 aromatic rings. The van der Waals surface area contributed by atoms with Gasteiger partial charge in [0.05, 0.1) is 19.8 Å². The second-order valence-electron chi connectivity index (χ2n) is 12.6. The van der Waals surface area contributed by atoms with Gasteiger partial charge in [-0.25, -0.2) is 0 Å². The number of amides is 4. The van der Waals surface area contributed by atoms with Crippen molar-refractivity contribution in [1.82, 2.24) is 25.8 Å². The minimum atomic E-state index is -1.12. The highest BCUT2D eigenvalue weighted by Crippen LogP contribution is 2.41. The Morgan fingerprint density at radius 3 is 2.52 bits per heavy atom. The molecule has 2 aliphatic heterocycles. The van der Waals surface area contributed by atoms with Gasteiger partial charge in [0.25, 0.3) is 11.8 Å². The van der Waals surface area contributed by atoms with Crippen LogP contribution in [-0.4, -0.2) is 79.2 Å². The molecule has 0 unspecified atom stereocenters. The number of rotatable bonds is 5. The zero-order valence-corrected chi connectivity index (χ0v) is 27.4. The molecule has 4 bridgehead atoms. The molecule has 1 fully saturated rings. The highest BCUT2D eigenvalue weighted by molar-refractivity contribution is 6.02. The van der Waals surface area contributed by atoms with Crippen molar-refractivity contribution in [1.29, 1.82) is 0 Å². The van der Waals surface area contributed by atoms with Gasteiger partial charge in [0.2, 0.25) is 18.6 Å². The van der Waals surface area contributed by atoms with Crippen LogP contribution in [0.4, 0.5) is 0 Å². The average molecular weight is 658 g/mol. The van der Waals surface area contributed by atoms with Crippen LogP contribution in [0, 0.1) is 5.92 Å². The van der Waals surface area contributed by atoms with E-state index in [-0.39, 0.29) is 49.7 Å². The number of hydrogen-bond donors (Lipinski definition) is 3. The number of nitrogens with zero attached hydrogens (tertiary/aromatic N) is 2. The molecular weight excluding hydrogens is 618 g/mol. The van der Waals surface area contributed by atoms with E-state index >= 15 is 0 Å². The third-order valence-corrected chi connectivity index (χ3v) is 8.68. The van der Waals surface area contributed by atoms with Crippen molar-refractivity contribution in [2.45, 2.75) is 51.2 Å². The summed E-state index contributed by atoms with van der Waals surface area (Å²) in [5.41, 5.74) is 1.39. The number of benzene rings is 2. The Bertz CT molecular complexity index is 1750. The van der Waals surface area contributed by atoms with E-state index in [1.165, 1.54) is 20.4 Å². The van der Waals surface area contributed by atoms with Gasteiger partial charge in [0.1, 0.15) is 11.6 Å². The number of pyridine rings is 1. The van der Waals surface area contributed by atoms with Crippen molar-refractivity contribution < 1.29 is 38.1 Å². The molecule has 4 amide bonds. The predicted octanol–water partition coefficient (Wildman–Crippen LogP) is 3.06. The second kappa shape index (κ2) is 13.4. The number of carbonyl (C=O) groups excluding carboxylic acids is 4. The largest absolute Gasteiger partial charge is 0.493 e. The molecule has 3 heterocycles. The number of ether oxygens (including phenoxy) is 4. The van der Waals surface area contributed by atoms with Gasteiger partial charge in [-0.3, -0.25) is 24.2 Å². The summed E-state index contributed by atoms with van der Waals surface area (Å²) in [7, 11) is 3.04. The molecule has 1 saturated carbocycles. The number of fused-ring (bicyclic) bond motifs is 6. The van der Waals surface area contributed by atoms with Crippen LogP contribution < -0.4 is 34.9 Å². The zero-order chi connectivity index (χ0) is 34.0. The molecule has 1 aliphatic carbocycles. The second-order valence-corrected chi connectivity index (χ2v) is 12.6. The first-order valence-electron chi connectivity index (χ1n) is 15.9. The van der Waals surface area contributed by atoms with E-state index in [1.807, 2.05) is 19.9 Å². The third kappa shape index (κ3) is 6.71. The van der Waals surface area contributed by atoms with E-state index in [9.17, 15) is 19.2 Å². The number of hydrogen-bond acceptors (Lipinski definition) is 9. The number of carbonyl (C=O) groups is 4. The summed E-state index contributed by atoms with van der Waals surface area (Å²) in [6.07, 6.45) is 4.31. The Balaban J connectivity index is 1.41. The summed E-state index contributed by atoms with van der Waals surface area (Å²) < 4.78 is 22.4. The van der Waals surface area contributed by atoms with Crippen LogP contribution in [0.2, 0.25) is 0 Å². The summed E-state index contributed by atoms with van der Waals surface area (Å²) in [6.45, 7) is 4.41. The van der Waals surface area contributed by atoms with Gasteiger partial charge in [0.15, 0.2) is 23.0 Å². The fourth-order valence-electron chi connectivity index (χ4n) is 5.98. The van der Waals surface area contributed by atoms with Crippen molar-refractivity contribution >= 4 is 23.6 Å². The Morgan fingerprint density at radius 1 is 1.02 bits per heavy atom. The molecule has 1 atom stereocenters. The van der Waals surface area contributed by atoms with Gasteiger partial charge < -0.3 is 39.8 Å². The molecule has 0 saturated heterocycles. The smallest absolute Gasteiger partial charge is 0.254 e. The number of nitrogens with one attached hydrogen (secondary N) is 3. The number of aromatic nitrogens is 1. The van der Waals surface area contributed by atoms with E-state index in [0.717, 1.165) is 0 Å². The van der Waals surface area contributed by atoms with Crippen molar-refractivity contribution in [3.63, 3.8) is 0 Å². The molecular formula is C35H39N5O8. The standard InChI is InChI=1S/C35H39N5O8/c1-20(2)11-26-32(42)37-9-10-40(33(43)22-5-6-27-28(15-22)48-19-47-27)18-21-12-25(30(46-4)29(13-21)45-3)23-14-24(17-36-16-23)31(41)39-35(7-8-35)34(44)38-26/h5-6,12-17,20,26H,7-11,18-19H2,1-4H3,(H,37,42)(H,38,44)(H,39,41)/t26-/m1/s1. The average Bonchev–Trinajstić information content (AvgIpc) is 3.71. The first-order chi connectivity index (χ1) is 23.1. The van der Waals surface area contributed by atoms with Gasteiger partial charge in [-0.05, 0) is 67.1 Å². The predicted molar refractivity (Wildman–Crippen MR) is 174 cm³/mol. The molecule has 0 radical (unpaired) electrons. The maximum Gasteiger partial charge on any atom is 0.254 e. The fraction of sp³-hybridized carbons (Fsp3) is 0.400. The van der Waals surface area contributed by atoms with Crippen molar-refractivity contribution in [2.24, 2.45) is 5.92 Å². The van der Waals surface area contributed by atoms with Crippen LogP contribution in [-0.2, 0) is 16.1 Å². The van der Waals surface area contributed by atoms with E-state index < -0.39 is 23.4 Å². The van der Waals surface area contributed by atoms with Crippen molar-refractivity contribution in [3.05, 3.63) is 65.5 Å². The molecule has 6 rings (SSSR count). The van der Waals surface area contributed by atoms with Gasteiger partial charge in [0, 0.05) is 48.7 Å². The summed E-state index contributed by atoms with van der Waals surface area (Å²) in [4.78, 5) is 60.5. The molecule has 48 heavy (non-hydrogen) atoms.